The number of methoxy groups -OCH3 is 1. The highest BCUT2D eigenvalue weighted by molar-refractivity contribution is 5.74. The second kappa shape index (κ2) is 9.61. The molecule has 0 unspecified atom stereocenters. The molecule has 0 saturated heterocycles. The molecule has 0 rings (SSSR count). The fraction of sp³-hybridized carbons (Fsp3) is 0.846. The van der Waals surface area contributed by atoms with Gasteiger partial charge in [0.25, 0.3) is 0 Å². The summed E-state index contributed by atoms with van der Waals surface area (Å²) in [4.78, 5) is 21.8. The summed E-state index contributed by atoms with van der Waals surface area (Å²) in [5, 5.41) is 14.1. The first-order chi connectivity index (χ1) is 8.87. The van der Waals surface area contributed by atoms with E-state index < -0.39 is 5.97 Å². The number of rotatable bonds is 10. The highest BCUT2D eigenvalue weighted by Gasteiger charge is 2.19. The van der Waals surface area contributed by atoms with Crippen LogP contribution in [0.1, 0.15) is 46.0 Å². The molecule has 0 fully saturated rings. The van der Waals surface area contributed by atoms with E-state index in [1.807, 2.05) is 13.8 Å². The summed E-state index contributed by atoms with van der Waals surface area (Å²) >= 11 is 0. The molecule has 2 amide bonds. The molecule has 3 N–H and O–H groups in total. The summed E-state index contributed by atoms with van der Waals surface area (Å²) < 4.78 is 5.01. The maximum absolute atomic E-state index is 11.6. The van der Waals surface area contributed by atoms with E-state index in [9.17, 15) is 9.59 Å². The van der Waals surface area contributed by atoms with Crippen LogP contribution in [0.3, 0.4) is 0 Å². The number of aliphatic carboxylic acids is 1. The largest absolute Gasteiger partial charge is 0.481 e. The Kier molecular flexibility index (Phi) is 8.95. The number of carbonyl (C=O) groups excluding carboxylic acids is 1. The van der Waals surface area contributed by atoms with Gasteiger partial charge in [0.15, 0.2) is 0 Å². The molecule has 0 atom stereocenters. The molecule has 0 aliphatic carbocycles. The van der Waals surface area contributed by atoms with Crippen molar-refractivity contribution in [1.29, 1.82) is 0 Å². The van der Waals surface area contributed by atoms with Gasteiger partial charge in [0.2, 0.25) is 0 Å². The van der Waals surface area contributed by atoms with Crippen molar-refractivity contribution in [3.05, 3.63) is 0 Å². The Bertz CT molecular complexity index is 280. The van der Waals surface area contributed by atoms with Gasteiger partial charge in [0.1, 0.15) is 0 Å². The number of carbonyl (C=O) groups is 2. The topological polar surface area (TPSA) is 87.7 Å². The third-order valence-corrected chi connectivity index (χ3v) is 2.56. The Hall–Kier alpha value is -1.30. The highest BCUT2D eigenvalue weighted by atomic mass is 16.5. The van der Waals surface area contributed by atoms with Gasteiger partial charge in [-0.15, -0.1) is 0 Å². The van der Waals surface area contributed by atoms with Crippen LogP contribution in [0.5, 0.6) is 0 Å². The molecule has 6 nitrogen and oxygen atoms in total. The number of ether oxygens (including phenoxy) is 1. The van der Waals surface area contributed by atoms with E-state index in [2.05, 4.69) is 10.6 Å². The first-order valence-electron chi connectivity index (χ1n) is 6.64. The normalized spacial score (nSPS) is 11.1. The average molecular weight is 274 g/mol. The fourth-order valence-corrected chi connectivity index (χ4v) is 1.71. The van der Waals surface area contributed by atoms with Crippen LogP contribution in [0.2, 0.25) is 0 Å². The van der Waals surface area contributed by atoms with Crippen molar-refractivity contribution < 1.29 is 19.4 Å². The van der Waals surface area contributed by atoms with Crippen molar-refractivity contribution in [3.63, 3.8) is 0 Å². The smallest absolute Gasteiger partial charge is 0.315 e. The zero-order valence-electron chi connectivity index (χ0n) is 12.1. The lowest BCUT2D eigenvalue weighted by Crippen LogP contribution is -2.51. The first-order valence-corrected chi connectivity index (χ1v) is 6.64. The Morgan fingerprint density at radius 3 is 2.37 bits per heavy atom. The van der Waals surface area contributed by atoms with Crippen molar-refractivity contribution in [2.75, 3.05) is 20.3 Å². The van der Waals surface area contributed by atoms with Crippen LogP contribution in [0.4, 0.5) is 4.79 Å². The lowest BCUT2D eigenvalue weighted by atomic mass is 10.1. The molecule has 0 saturated carbocycles. The zero-order chi connectivity index (χ0) is 14.7. The first kappa shape index (κ1) is 17.7. The molecule has 0 spiro atoms. The van der Waals surface area contributed by atoms with E-state index in [0.29, 0.717) is 19.6 Å². The number of hydrogen-bond donors (Lipinski definition) is 3. The molecule has 6 heteroatoms. The minimum absolute atomic E-state index is 0.201. The van der Waals surface area contributed by atoms with Gasteiger partial charge in [0.05, 0.1) is 12.1 Å². The molecular weight excluding hydrogens is 248 g/mol. The summed E-state index contributed by atoms with van der Waals surface area (Å²) in [5.74, 6) is -0.752. The Balaban J connectivity index is 3.51. The van der Waals surface area contributed by atoms with E-state index >= 15 is 0 Å². The van der Waals surface area contributed by atoms with E-state index in [0.717, 1.165) is 19.3 Å². The predicted molar refractivity (Wildman–Crippen MR) is 73.2 cm³/mol. The maximum Gasteiger partial charge on any atom is 0.315 e. The van der Waals surface area contributed by atoms with Gasteiger partial charge < -0.3 is 20.5 Å². The summed E-state index contributed by atoms with van der Waals surface area (Å²) in [6, 6.07) is -0.201. The van der Waals surface area contributed by atoms with Gasteiger partial charge in [0, 0.05) is 20.1 Å². The van der Waals surface area contributed by atoms with Crippen LogP contribution in [0.25, 0.3) is 0 Å². The van der Waals surface area contributed by atoms with Gasteiger partial charge in [-0.1, -0.05) is 12.8 Å². The monoisotopic (exact) mass is 274 g/mol. The molecule has 112 valence electrons. The lowest BCUT2D eigenvalue weighted by molar-refractivity contribution is -0.137. The Labute approximate surface area is 114 Å². The SMILES string of the molecule is COCC(C)(C)NC(=O)NCCCCCCC(=O)O. The van der Waals surface area contributed by atoms with Crippen LogP contribution >= 0.6 is 0 Å². The molecule has 0 aromatic heterocycles. The quantitative estimate of drug-likeness (QED) is 0.530. The van der Waals surface area contributed by atoms with Gasteiger partial charge in [-0.3, -0.25) is 4.79 Å². The lowest BCUT2D eigenvalue weighted by Gasteiger charge is -2.25. The van der Waals surface area contributed by atoms with Crippen LogP contribution in [-0.4, -0.2) is 42.9 Å². The average Bonchev–Trinajstić information content (AvgIpc) is 2.26. The number of nitrogens with one attached hydrogen (secondary N) is 2. The summed E-state index contributed by atoms with van der Waals surface area (Å²) in [6.45, 7) is 4.83. The van der Waals surface area contributed by atoms with Crippen molar-refractivity contribution in [2.45, 2.75) is 51.5 Å². The molecule has 0 aromatic carbocycles. The third-order valence-electron chi connectivity index (χ3n) is 2.56. The van der Waals surface area contributed by atoms with E-state index in [1.54, 1.807) is 7.11 Å². The Morgan fingerprint density at radius 2 is 1.79 bits per heavy atom. The van der Waals surface area contributed by atoms with Crippen LogP contribution < -0.4 is 10.6 Å². The third kappa shape index (κ3) is 11.5. The summed E-state index contributed by atoms with van der Waals surface area (Å²) in [7, 11) is 1.60. The van der Waals surface area contributed by atoms with Gasteiger partial charge in [-0.05, 0) is 26.7 Å². The van der Waals surface area contributed by atoms with E-state index in [4.69, 9.17) is 9.84 Å². The highest BCUT2D eigenvalue weighted by Crippen LogP contribution is 2.03. The fourth-order valence-electron chi connectivity index (χ4n) is 1.71. The van der Waals surface area contributed by atoms with Crippen molar-refractivity contribution in [3.8, 4) is 0 Å². The van der Waals surface area contributed by atoms with Crippen LogP contribution in [0, 0.1) is 0 Å². The molecular formula is C13H26N2O4. The maximum atomic E-state index is 11.6. The molecule has 0 bridgehead atoms. The van der Waals surface area contributed by atoms with Crippen molar-refractivity contribution in [1.82, 2.24) is 10.6 Å². The van der Waals surface area contributed by atoms with Crippen molar-refractivity contribution >= 4 is 12.0 Å². The zero-order valence-corrected chi connectivity index (χ0v) is 12.1. The van der Waals surface area contributed by atoms with Crippen LogP contribution in [0.15, 0.2) is 0 Å². The molecule has 0 aliphatic rings. The number of amides is 2. The van der Waals surface area contributed by atoms with E-state index in [-0.39, 0.29) is 18.0 Å². The molecule has 19 heavy (non-hydrogen) atoms. The van der Waals surface area contributed by atoms with E-state index in [1.165, 1.54) is 0 Å². The molecule has 0 radical (unpaired) electrons. The summed E-state index contributed by atoms with van der Waals surface area (Å²) in [5.41, 5.74) is -0.389. The second-order valence-electron chi connectivity index (χ2n) is 5.26. The van der Waals surface area contributed by atoms with Crippen LogP contribution in [-0.2, 0) is 9.53 Å². The van der Waals surface area contributed by atoms with Gasteiger partial charge in [-0.2, -0.15) is 0 Å². The number of hydrogen-bond acceptors (Lipinski definition) is 3. The minimum Gasteiger partial charge on any atom is -0.481 e. The minimum atomic E-state index is -0.752. The number of carboxylic acids is 1. The molecule has 0 aromatic rings. The molecule has 0 aliphatic heterocycles. The summed E-state index contributed by atoms with van der Waals surface area (Å²) in [6.07, 6.45) is 3.58. The number of urea groups is 1. The van der Waals surface area contributed by atoms with Gasteiger partial charge >= 0.3 is 12.0 Å². The Morgan fingerprint density at radius 1 is 1.16 bits per heavy atom. The predicted octanol–water partition coefficient (Wildman–Crippen LogP) is 1.75. The van der Waals surface area contributed by atoms with Gasteiger partial charge in [-0.25, -0.2) is 4.79 Å². The standard InChI is InChI=1S/C13H26N2O4/c1-13(2,10-19-3)15-12(18)14-9-7-5-4-6-8-11(16)17/h4-10H2,1-3H3,(H,16,17)(H2,14,15,18). The second-order valence-corrected chi connectivity index (χ2v) is 5.26. The number of unbranched alkanes of at least 4 members (excludes halogenated alkanes) is 3. The number of carboxylic acid groups (broad SMARTS) is 1. The molecule has 0 heterocycles. The van der Waals surface area contributed by atoms with Crippen molar-refractivity contribution in [2.24, 2.45) is 0 Å².